The SMILES string of the molecule is CC(C)CC(NC(=O)N1CCCCCC1)C(=O)N1CCC(N(CC2CCCCC2)c2ccc(OCc3ccccc3)cc2)CC1. The minimum atomic E-state index is -0.459. The highest BCUT2D eigenvalue weighted by Gasteiger charge is 2.33. The number of nitrogens with zero attached hydrogens (tertiary/aromatic N) is 3. The lowest BCUT2D eigenvalue weighted by molar-refractivity contribution is -0.134. The van der Waals surface area contributed by atoms with Gasteiger partial charge in [0.15, 0.2) is 0 Å². The van der Waals surface area contributed by atoms with E-state index < -0.39 is 6.04 Å². The number of hydrogen-bond donors (Lipinski definition) is 1. The van der Waals surface area contributed by atoms with Gasteiger partial charge in [0.2, 0.25) is 5.91 Å². The van der Waals surface area contributed by atoms with Crippen molar-refractivity contribution >= 4 is 17.6 Å². The van der Waals surface area contributed by atoms with Gasteiger partial charge >= 0.3 is 6.03 Å². The molecular formula is C38H56N4O3. The van der Waals surface area contributed by atoms with E-state index in [0.717, 1.165) is 70.1 Å². The van der Waals surface area contributed by atoms with Crippen molar-refractivity contribution in [1.29, 1.82) is 0 Å². The number of anilines is 1. The van der Waals surface area contributed by atoms with Crippen LogP contribution in [0.5, 0.6) is 5.75 Å². The lowest BCUT2D eigenvalue weighted by Gasteiger charge is -2.42. The van der Waals surface area contributed by atoms with Crippen LogP contribution in [0.15, 0.2) is 54.6 Å². The van der Waals surface area contributed by atoms with E-state index in [-0.39, 0.29) is 11.9 Å². The highest BCUT2D eigenvalue weighted by molar-refractivity contribution is 5.87. The minimum absolute atomic E-state index is 0.0689. The number of nitrogens with one attached hydrogen (secondary N) is 1. The average Bonchev–Trinajstić information content (AvgIpc) is 3.37. The van der Waals surface area contributed by atoms with Gasteiger partial charge in [-0.15, -0.1) is 0 Å². The number of rotatable bonds is 11. The van der Waals surface area contributed by atoms with Crippen molar-refractivity contribution in [2.45, 2.75) is 110 Å². The second kappa shape index (κ2) is 16.9. The Morgan fingerprint density at radius 1 is 0.800 bits per heavy atom. The van der Waals surface area contributed by atoms with Gasteiger partial charge in [0, 0.05) is 44.5 Å². The van der Waals surface area contributed by atoms with Crippen molar-refractivity contribution < 1.29 is 14.3 Å². The first-order valence-electron chi connectivity index (χ1n) is 17.8. The van der Waals surface area contributed by atoms with E-state index in [9.17, 15) is 9.59 Å². The first kappa shape index (κ1) is 33.2. The minimum Gasteiger partial charge on any atom is -0.489 e. The van der Waals surface area contributed by atoms with E-state index in [2.05, 4.69) is 60.5 Å². The molecule has 246 valence electrons. The monoisotopic (exact) mass is 616 g/mol. The molecule has 1 atom stereocenters. The van der Waals surface area contributed by atoms with Gasteiger partial charge in [-0.05, 0) is 86.6 Å². The van der Waals surface area contributed by atoms with Gasteiger partial charge in [-0.25, -0.2) is 4.79 Å². The molecule has 1 unspecified atom stereocenters. The number of amides is 3. The lowest BCUT2D eigenvalue weighted by atomic mass is 9.88. The molecule has 3 amide bonds. The number of piperidine rings is 1. The molecule has 2 saturated heterocycles. The van der Waals surface area contributed by atoms with Crippen LogP contribution in [0.4, 0.5) is 10.5 Å². The fourth-order valence-corrected chi connectivity index (χ4v) is 7.41. The highest BCUT2D eigenvalue weighted by Crippen LogP contribution is 2.31. The summed E-state index contributed by atoms with van der Waals surface area (Å²) < 4.78 is 6.09. The molecule has 45 heavy (non-hydrogen) atoms. The van der Waals surface area contributed by atoms with Crippen molar-refractivity contribution in [2.24, 2.45) is 11.8 Å². The smallest absolute Gasteiger partial charge is 0.318 e. The van der Waals surface area contributed by atoms with Crippen LogP contribution >= 0.6 is 0 Å². The zero-order valence-electron chi connectivity index (χ0n) is 27.8. The average molecular weight is 617 g/mol. The second-order valence-electron chi connectivity index (χ2n) is 14.0. The molecule has 3 fully saturated rings. The standard InChI is InChI=1S/C38H56N4O3/c1-30(2)27-36(39-38(44)41-23-11-3-4-12-24-41)37(43)40-25-21-34(22-26-40)42(28-31-13-7-5-8-14-31)33-17-19-35(20-18-33)45-29-32-15-9-6-10-16-32/h6,9-10,15-20,30-31,34,36H,3-5,7-8,11-14,21-29H2,1-2H3,(H,39,44). The van der Waals surface area contributed by atoms with Crippen LogP contribution in [0.25, 0.3) is 0 Å². The molecule has 2 aromatic carbocycles. The summed E-state index contributed by atoms with van der Waals surface area (Å²) in [6.45, 7) is 8.94. The molecule has 0 radical (unpaired) electrons. The Morgan fingerprint density at radius 3 is 2.09 bits per heavy atom. The van der Waals surface area contributed by atoms with Gasteiger partial charge in [0.25, 0.3) is 0 Å². The Hall–Kier alpha value is -3.22. The molecule has 7 nitrogen and oxygen atoms in total. The molecule has 1 aliphatic carbocycles. The quantitative estimate of drug-likeness (QED) is 0.282. The lowest BCUT2D eigenvalue weighted by Crippen LogP contribution is -2.55. The van der Waals surface area contributed by atoms with E-state index >= 15 is 0 Å². The van der Waals surface area contributed by atoms with E-state index in [4.69, 9.17) is 4.74 Å². The van der Waals surface area contributed by atoms with Crippen LogP contribution in [0.3, 0.4) is 0 Å². The number of ether oxygens (including phenoxy) is 1. The van der Waals surface area contributed by atoms with E-state index in [1.807, 2.05) is 28.0 Å². The normalized spacial score (nSPS) is 19.2. The van der Waals surface area contributed by atoms with E-state index in [1.165, 1.54) is 56.2 Å². The van der Waals surface area contributed by atoms with E-state index in [1.54, 1.807) is 0 Å². The second-order valence-corrected chi connectivity index (χ2v) is 14.0. The topological polar surface area (TPSA) is 65.1 Å². The summed E-state index contributed by atoms with van der Waals surface area (Å²) in [7, 11) is 0. The number of likely N-dealkylation sites (tertiary alicyclic amines) is 2. The molecule has 7 heteroatoms. The van der Waals surface area contributed by atoms with Crippen LogP contribution in [-0.2, 0) is 11.4 Å². The van der Waals surface area contributed by atoms with Gasteiger partial charge in [0.1, 0.15) is 18.4 Å². The summed E-state index contributed by atoms with van der Waals surface area (Å²) in [6.07, 6.45) is 13.6. The number of benzene rings is 2. The van der Waals surface area contributed by atoms with Crippen molar-refractivity contribution in [3.8, 4) is 5.75 Å². The third-order valence-corrected chi connectivity index (χ3v) is 10.0. The summed E-state index contributed by atoms with van der Waals surface area (Å²) in [5.74, 6) is 2.02. The summed E-state index contributed by atoms with van der Waals surface area (Å²) in [5, 5.41) is 3.16. The molecule has 0 aromatic heterocycles. The molecule has 0 bridgehead atoms. The van der Waals surface area contributed by atoms with Gasteiger partial charge in [0.05, 0.1) is 0 Å². The fourth-order valence-electron chi connectivity index (χ4n) is 7.41. The van der Waals surface area contributed by atoms with Gasteiger partial charge in [-0.1, -0.05) is 76.3 Å². The molecule has 1 saturated carbocycles. The van der Waals surface area contributed by atoms with Crippen LogP contribution in [-0.4, -0.2) is 66.5 Å². The Kier molecular flexibility index (Phi) is 12.5. The maximum atomic E-state index is 13.9. The summed E-state index contributed by atoms with van der Waals surface area (Å²) in [5.41, 5.74) is 2.42. The van der Waals surface area contributed by atoms with Crippen LogP contribution < -0.4 is 15.0 Å². The third kappa shape index (κ3) is 9.88. The predicted molar refractivity (Wildman–Crippen MR) is 183 cm³/mol. The molecule has 1 N–H and O–H groups in total. The maximum Gasteiger partial charge on any atom is 0.318 e. The molecule has 0 spiro atoms. The Balaban J connectivity index is 1.21. The molecule has 2 heterocycles. The molecule has 5 rings (SSSR count). The van der Waals surface area contributed by atoms with Crippen molar-refractivity contribution in [1.82, 2.24) is 15.1 Å². The highest BCUT2D eigenvalue weighted by atomic mass is 16.5. The van der Waals surface area contributed by atoms with E-state index in [0.29, 0.717) is 25.0 Å². The Labute approximate surface area is 271 Å². The van der Waals surface area contributed by atoms with Gasteiger partial charge < -0.3 is 24.8 Å². The van der Waals surface area contributed by atoms with Crippen LogP contribution in [0, 0.1) is 11.8 Å². The Bertz CT molecular complexity index is 1170. The van der Waals surface area contributed by atoms with Gasteiger partial charge in [-0.2, -0.15) is 0 Å². The molecule has 2 aliphatic heterocycles. The Morgan fingerprint density at radius 2 is 1.44 bits per heavy atom. The molecule has 2 aromatic rings. The number of carbonyl (C=O) groups is 2. The van der Waals surface area contributed by atoms with Gasteiger partial charge in [-0.3, -0.25) is 4.79 Å². The summed E-state index contributed by atoms with van der Waals surface area (Å²) >= 11 is 0. The summed E-state index contributed by atoms with van der Waals surface area (Å²) in [4.78, 5) is 33.6. The number of urea groups is 1. The maximum absolute atomic E-state index is 13.9. The van der Waals surface area contributed by atoms with Crippen molar-refractivity contribution in [2.75, 3.05) is 37.6 Å². The zero-order chi connectivity index (χ0) is 31.4. The number of hydrogen-bond acceptors (Lipinski definition) is 4. The summed E-state index contributed by atoms with van der Waals surface area (Å²) in [6, 6.07) is 18.8. The molecular weight excluding hydrogens is 560 g/mol. The first-order chi connectivity index (χ1) is 22.0. The first-order valence-corrected chi connectivity index (χ1v) is 17.8. The van der Waals surface area contributed by atoms with Crippen LogP contribution in [0.1, 0.15) is 96.5 Å². The number of carbonyl (C=O) groups excluding carboxylic acids is 2. The van der Waals surface area contributed by atoms with Crippen molar-refractivity contribution in [3.05, 3.63) is 60.2 Å². The molecule has 3 aliphatic rings. The predicted octanol–water partition coefficient (Wildman–Crippen LogP) is 7.64. The third-order valence-electron chi connectivity index (χ3n) is 10.0. The fraction of sp³-hybridized carbons (Fsp3) is 0.632. The zero-order valence-corrected chi connectivity index (χ0v) is 27.8. The largest absolute Gasteiger partial charge is 0.489 e. The van der Waals surface area contributed by atoms with Crippen molar-refractivity contribution in [3.63, 3.8) is 0 Å². The van der Waals surface area contributed by atoms with Crippen LogP contribution in [0.2, 0.25) is 0 Å².